The third-order valence-corrected chi connectivity index (χ3v) is 2.26. The van der Waals surface area contributed by atoms with Crippen LogP contribution in [0.1, 0.15) is 6.92 Å². The molecule has 0 aliphatic rings. The van der Waals surface area contributed by atoms with Gasteiger partial charge < -0.3 is 4.74 Å². The van der Waals surface area contributed by atoms with Gasteiger partial charge in [-0.25, -0.2) is 4.98 Å². The zero-order valence-corrected chi connectivity index (χ0v) is 10.4. The van der Waals surface area contributed by atoms with Gasteiger partial charge in [-0.2, -0.15) is 0 Å². The minimum atomic E-state index is 0.516. The maximum Gasteiger partial charge on any atom is 0.152 e. The largest absolute Gasteiger partial charge is 0.486 e. The Morgan fingerprint density at radius 1 is 1.54 bits per heavy atom. The molecule has 1 aromatic heterocycles. The summed E-state index contributed by atoms with van der Waals surface area (Å²) in [6.45, 7) is 6.18. The van der Waals surface area contributed by atoms with Crippen LogP contribution in [0.3, 0.4) is 0 Å². The Hall–Kier alpha value is -0.350. The molecule has 0 spiro atoms. The molecule has 1 rings (SSSR count). The van der Waals surface area contributed by atoms with Crippen molar-refractivity contribution < 1.29 is 4.74 Å². The molecule has 0 fully saturated rings. The van der Waals surface area contributed by atoms with Gasteiger partial charge in [-0.05, 0) is 56.5 Å². The van der Waals surface area contributed by atoms with E-state index < -0.39 is 0 Å². The SMILES string of the molecule is C=C(C)COc1ccc(Br)nc1Br. The van der Waals surface area contributed by atoms with Crippen molar-refractivity contribution in [3.63, 3.8) is 0 Å². The highest BCUT2D eigenvalue weighted by Crippen LogP contribution is 2.24. The predicted octanol–water partition coefficient (Wildman–Crippen LogP) is 3.56. The summed E-state index contributed by atoms with van der Waals surface area (Å²) in [5.41, 5.74) is 0.981. The first-order valence-corrected chi connectivity index (χ1v) is 5.27. The summed E-state index contributed by atoms with van der Waals surface area (Å²) >= 11 is 6.56. The quantitative estimate of drug-likeness (QED) is 0.629. The van der Waals surface area contributed by atoms with Crippen molar-refractivity contribution >= 4 is 31.9 Å². The normalized spacial score (nSPS) is 9.77. The van der Waals surface area contributed by atoms with Gasteiger partial charge in [0.25, 0.3) is 0 Å². The lowest BCUT2D eigenvalue weighted by Gasteiger charge is -2.06. The Labute approximate surface area is 94.3 Å². The topological polar surface area (TPSA) is 22.1 Å². The smallest absolute Gasteiger partial charge is 0.152 e. The minimum Gasteiger partial charge on any atom is -0.486 e. The van der Waals surface area contributed by atoms with Crippen LogP contribution in [0, 0.1) is 0 Å². The summed E-state index contributed by atoms with van der Waals surface area (Å²) in [5.74, 6) is 0.728. The summed E-state index contributed by atoms with van der Waals surface area (Å²) < 4.78 is 6.90. The van der Waals surface area contributed by atoms with E-state index in [0.29, 0.717) is 11.2 Å². The molecule has 0 saturated heterocycles. The number of hydrogen-bond acceptors (Lipinski definition) is 2. The number of aromatic nitrogens is 1. The van der Waals surface area contributed by atoms with Crippen molar-refractivity contribution in [3.05, 3.63) is 33.5 Å². The van der Waals surface area contributed by atoms with Crippen molar-refractivity contribution in [1.82, 2.24) is 4.98 Å². The second-order valence-electron chi connectivity index (χ2n) is 2.67. The molecule has 13 heavy (non-hydrogen) atoms. The Bertz CT molecular complexity index is 325. The Kier molecular flexibility index (Phi) is 3.93. The summed E-state index contributed by atoms with van der Waals surface area (Å²) in [7, 11) is 0. The monoisotopic (exact) mass is 305 g/mol. The molecular weight excluding hydrogens is 298 g/mol. The molecule has 4 heteroatoms. The van der Waals surface area contributed by atoms with E-state index in [4.69, 9.17) is 4.74 Å². The summed E-state index contributed by atoms with van der Waals surface area (Å²) in [6, 6.07) is 3.68. The van der Waals surface area contributed by atoms with Crippen LogP contribution in [-0.4, -0.2) is 11.6 Å². The number of rotatable bonds is 3. The molecule has 1 aromatic rings. The summed E-state index contributed by atoms with van der Waals surface area (Å²) in [6.07, 6.45) is 0. The molecule has 0 bridgehead atoms. The molecule has 0 aromatic carbocycles. The van der Waals surface area contributed by atoms with Crippen molar-refractivity contribution in [2.24, 2.45) is 0 Å². The molecule has 0 amide bonds. The first-order valence-electron chi connectivity index (χ1n) is 3.69. The van der Waals surface area contributed by atoms with Crippen molar-refractivity contribution in [2.45, 2.75) is 6.92 Å². The van der Waals surface area contributed by atoms with E-state index >= 15 is 0 Å². The first kappa shape index (κ1) is 10.7. The molecule has 1 heterocycles. The molecular formula is C9H9Br2NO. The fourth-order valence-electron chi connectivity index (χ4n) is 0.708. The third kappa shape index (κ3) is 3.48. The summed E-state index contributed by atoms with van der Waals surface area (Å²) in [4.78, 5) is 4.13. The van der Waals surface area contributed by atoms with Gasteiger partial charge in [0.2, 0.25) is 0 Å². The molecule has 0 aliphatic carbocycles. The van der Waals surface area contributed by atoms with Crippen LogP contribution < -0.4 is 4.74 Å². The van der Waals surface area contributed by atoms with Gasteiger partial charge in [0.15, 0.2) is 5.75 Å². The van der Waals surface area contributed by atoms with E-state index in [1.54, 1.807) is 0 Å². The minimum absolute atomic E-state index is 0.516. The van der Waals surface area contributed by atoms with Crippen LogP contribution in [0.2, 0.25) is 0 Å². The second-order valence-corrected chi connectivity index (χ2v) is 4.23. The number of halogens is 2. The molecule has 0 aliphatic heterocycles. The van der Waals surface area contributed by atoms with E-state index in [1.807, 2.05) is 19.1 Å². The molecule has 2 nitrogen and oxygen atoms in total. The van der Waals surface area contributed by atoms with E-state index in [-0.39, 0.29) is 0 Å². The lowest BCUT2D eigenvalue weighted by molar-refractivity contribution is 0.348. The molecule has 0 N–H and O–H groups in total. The number of ether oxygens (including phenoxy) is 1. The highest BCUT2D eigenvalue weighted by molar-refractivity contribution is 9.11. The Balaban J connectivity index is 2.72. The van der Waals surface area contributed by atoms with Crippen LogP contribution in [0.4, 0.5) is 0 Å². The highest BCUT2D eigenvalue weighted by Gasteiger charge is 2.02. The van der Waals surface area contributed by atoms with Gasteiger partial charge in [0.05, 0.1) is 0 Å². The van der Waals surface area contributed by atoms with Gasteiger partial charge in [0.1, 0.15) is 15.8 Å². The molecule has 0 saturated carbocycles. The summed E-state index contributed by atoms with van der Waals surface area (Å²) in [5, 5.41) is 0. The van der Waals surface area contributed by atoms with Crippen molar-refractivity contribution in [2.75, 3.05) is 6.61 Å². The lowest BCUT2D eigenvalue weighted by atomic mass is 10.4. The second kappa shape index (κ2) is 4.77. The van der Waals surface area contributed by atoms with Gasteiger partial charge in [-0.1, -0.05) is 6.58 Å². The zero-order chi connectivity index (χ0) is 9.84. The van der Waals surface area contributed by atoms with E-state index in [1.165, 1.54) is 0 Å². The van der Waals surface area contributed by atoms with Crippen molar-refractivity contribution in [1.29, 1.82) is 0 Å². The first-order chi connectivity index (χ1) is 6.09. The molecule has 70 valence electrons. The van der Waals surface area contributed by atoms with Crippen LogP contribution in [0.15, 0.2) is 33.5 Å². The average molecular weight is 307 g/mol. The molecule has 0 radical (unpaired) electrons. The third-order valence-electron chi connectivity index (χ3n) is 1.25. The van der Waals surface area contributed by atoms with E-state index in [9.17, 15) is 0 Å². The highest BCUT2D eigenvalue weighted by atomic mass is 79.9. The maximum absolute atomic E-state index is 5.42. The number of nitrogens with zero attached hydrogens (tertiary/aromatic N) is 1. The maximum atomic E-state index is 5.42. The lowest BCUT2D eigenvalue weighted by Crippen LogP contribution is -1.98. The van der Waals surface area contributed by atoms with Crippen LogP contribution in [0.5, 0.6) is 5.75 Å². The average Bonchev–Trinajstić information content (AvgIpc) is 2.02. The van der Waals surface area contributed by atoms with Crippen LogP contribution >= 0.6 is 31.9 Å². The molecule has 0 unspecified atom stereocenters. The fourth-order valence-corrected chi connectivity index (χ4v) is 1.69. The van der Waals surface area contributed by atoms with E-state index in [2.05, 4.69) is 43.4 Å². The fraction of sp³-hybridized carbons (Fsp3) is 0.222. The molecule has 0 atom stereocenters. The van der Waals surface area contributed by atoms with Gasteiger partial charge in [0, 0.05) is 0 Å². The zero-order valence-electron chi connectivity index (χ0n) is 7.18. The van der Waals surface area contributed by atoms with Gasteiger partial charge in [-0.3, -0.25) is 0 Å². The van der Waals surface area contributed by atoms with Crippen molar-refractivity contribution in [3.8, 4) is 5.75 Å². The Morgan fingerprint density at radius 3 is 2.77 bits per heavy atom. The Morgan fingerprint density at radius 2 is 2.23 bits per heavy atom. The predicted molar refractivity (Wildman–Crippen MR) is 59.9 cm³/mol. The van der Waals surface area contributed by atoms with Crippen LogP contribution in [-0.2, 0) is 0 Å². The number of pyridine rings is 1. The number of hydrogen-bond donors (Lipinski definition) is 0. The van der Waals surface area contributed by atoms with Crippen LogP contribution in [0.25, 0.3) is 0 Å². The van der Waals surface area contributed by atoms with Gasteiger partial charge >= 0.3 is 0 Å². The van der Waals surface area contributed by atoms with E-state index in [0.717, 1.165) is 15.9 Å². The van der Waals surface area contributed by atoms with Gasteiger partial charge in [-0.15, -0.1) is 0 Å². The standard InChI is InChI=1S/C9H9Br2NO/c1-6(2)5-13-7-3-4-8(10)12-9(7)11/h3-4H,1,5H2,2H3.